The minimum absolute atomic E-state index is 0.0780. The van der Waals surface area contributed by atoms with Crippen LogP contribution < -0.4 is 5.56 Å². The van der Waals surface area contributed by atoms with Gasteiger partial charge in [-0.25, -0.2) is 4.98 Å². The zero-order chi connectivity index (χ0) is 18.1. The summed E-state index contributed by atoms with van der Waals surface area (Å²) in [5.74, 6) is 0.599. The molecule has 0 aromatic carbocycles. The SMILES string of the molecule is Cn1ncc2c(=O)[nH]c(CN3CCCC(C(=O)c4ccccn4)C3)nc21. The van der Waals surface area contributed by atoms with Crippen molar-refractivity contribution in [3.8, 4) is 0 Å². The highest BCUT2D eigenvalue weighted by atomic mass is 16.1. The van der Waals surface area contributed by atoms with Crippen molar-refractivity contribution in [3.05, 3.63) is 52.5 Å². The number of rotatable bonds is 4. The largest absolute Gasteiger partial charge is 0.309 e. The number of likely N-dealkylation sites (tertiary alicyclic amines) is 1. The molecule has 0 aliphatic carbocycles. The number of Topliss-reactive ketones (excluding diaryl/α,β-unsaturated/α-hetero) is 1. The van der Waals surface area contributed by atoms with E-state index in [4.69, 9.17) is 0 Å². The van der Waals surface area contributed by atoms with E-state index in [1.165, 1.54) is 6.20 Å². The predicted octanol–water partition coefficient (Wildman–Crippen LogP) is 1.15. The Balaban J connectivity index is 1.51. The molecule has 1 aliphatic heterocycles. The molecule has 0 radical (unpaired) electrons. The Labute approximate surface area is 149 Å². The standard InChI is InChI=1S/C18H20N6O2/c1-23-17-13(9-20-23)18(26)22-15(21-17)11-24-8-4-5-12(10-24)16(25)14-6-2-3-7-19-14/h2-3,6-7,9,12H,4-5,8,10-11H2,1H3,(H,21,22,26). The van der Waals surface area contributed by atoms with Gasteiger partial charge in [0.05, 0.1) is 12.7 Å². The van der Waals surface area contributed by atoms with Crippen molar-refractivity contribution in [2.75, 3.05) is 13.1 Å². The first-order valence-electron chi connectivity index (χ1n) is 8.70. The Bertz CT molecular complexity index is 994. The quantitative estimate of drug-likeness (QED) is 0.708. The summed E-state index contributed by atoms with van der Waals surface area (Å²) in [4.78, 5) is 38.5. The first-order valence-corrected chi connectivity index (χ1v) is 8.70. The molecule has 0 bridgehead atoms. The molecule has 8 heteroatoms. The third-order valence-corrected chi connectivity index (χ3v) is 4.82. The molecule has 3 aromatic heterocycles. The summed E-state index contributed by atoms with van der Waals surface area (Å²) in [6.07, 6.45) is 4.96. The third kappa shape index (κ3) is 3.15. The van der Waals surface area contributed by atoms with E-state index in [2.05, 4.69) is 25.0 Å². The molecule has 1 fully saturated rings. The normalized spacial score (nSPS) is 18.3. The van der Waals surface area contributed by atoms with Gasteiger partial charge in [-0.3, -0.25) is 24.2 Å². The molecular weight excluding hydrogens is 332 g/mol. The molecule has 0 saturated carbocycles. The average Bonchev–Trinajstić information content (AvgIpc) is 3.04. The number of aromatic amines is 1. The second-order valence-corrected chi connectivity index (χ2v) is 6.67. The number of aromatic nitrogens is 5. The van der Waals surface area contributed by atoms with Crippen LogP contribution in [0.5, 0.6) is 0 Å². The minimum atomic E-state index is -0.184. The van der Waals surface area contributed by atoms with E-state index in [0.29, 0.717) is 35.6 Å². The number of carbonyl (C=O) groups excluding carboxylic acids is 1. The smallest absolute Gasteiger partial charge is 0.262 e. The van der Waals surface area contributed by atoms with Crippen LogP contribution in [-0.4, -0.2) is 48.5 Å². The maximum atomic E-state index is 12.7. The number of fused-ring (bicyclic) bond motifs is 1. The summed E-state index contributed by atoms with van der Waals surface area (Å²) in [7, 11) is 1.76. The van der Waals surface area contributed by atoms with Gasteiger partial charge in [-0.2, -0.15) is 5.10 Å². The third-order valence-electron chi connectivity index (χ3n) is 4.82. The van der Waals surface area contributed by atoms with Crippen molar-refractivity contribution in [1.82, 2.24) is 29.6 Å². The van der Waals surface area contributed by atoms with Crippen LogP contribution in [0.3, 0.4) is 0 Å². The van der Waals surface area contributed by atoms with Crippen molar-refractivity contribution in [2.24, 2.45) is 13.0 Å². The average molecular weight is 352 g/mol. The molecule has 3 aromatic rings. The highest BCUT2D eigenvalue weighted by Gasteiger charge is 2.27. The lowest BCUT2D eigenvalue weighted by atomic mass is 9.92. The number of hydrogen-bond acceptors (Lipinski definition) is 6. The first kappa shape index (κ1) is 16.6. The Morgan fingerprint density at radius 3 is 3.08 bits per heavy atom. The molecule has 26 heavy (non-hydrogen) atoms. The molecule has 1 aliphatic rings. The Kier molecular flexibility index (Phi) is 4.34. The topological polar surface area (TPSA) is 96.8 Å². The van der Waals surface area contributed by atoms with Gasteiger partial charge in [0, 0.05) is 25.7 Å². The Morgan fingerprint density at radius 2 is 2.27 bits per heavy atom. The molecule has 1 saturated heterocycles. The molecule has 8 nitrogen and oxygen atoms in total. The van der Waals surface area contributed by atoms with Gasteiger partial charge in [0.15, 0.2) is 11.4 Å². The second kappa shape index (κ2) is 6.80. The number of pyridine rings is 1. The van der Waals surface area contributed by atoms with Crippen LogP contribution in [-0.2, 0) is 13.6 Å². The van der Waals surface area contributed by atoms with Crippen LogP contribution in [0.2, 0.25) is 0 Å². The summed E-state index contributed by atoms with van der Waals surface area (Å²) >= 11 is 0. The fraction of sp³-hybridized carbons (Fsp3) is 0.389. The molecule has 1 N–H and O–H groups in total. The van der Waals surface area contributed by atoms with E-state index in [1.54, 1.807) is 30.1 Å². The van der Waals surface area contributed by atoms with E-state index in [0.717, 1.165) is 19.4 Å². The summed E-state index contributed by atoms with van der Waals surface area (Å²) in [5.41, 5.74) is 0.903. The number of carbonyl (C=O) groups is 1. The van der Waals surface area contributed by atoms with Gasteiger partial charge in [0.25, 0.3) is 5.56 Å². The van der Waals surface area contributed by atoms with Gasteiger partial charge >= 0.3 is 0 Å². The van der Waals surface area contributed by atoms with Gasteiger partial charge in [-0.15, -0.1) is 0 Å². The van der Waals surface area contributed by atoms with Gasteiger partial charge in [0.2, 0.25) is 0 Å². The fourth-order valence-corrected chi connectivity index (χ4v) is 3.50. The van der Waals surface area contributed by atoms with Crippen LogP contribution in [0.25, 0.3) is 11.0 Å². The van der Waals surface area contributed by atoms with E-state index in [-0.39, 0.29) is 17.3 Å². The lowest BCUT2D eigenvalue weighted by Crippen LogP contribution is -2.39. The zero-order valence-electron chi connectivity index (χ0n) is 14.6. The molecule has 4 rings (SSSR count). The number of nitrogens with one attached hydrogen (secondary N) is 1. The molecule has 1 atom stereocenters. The summed E-state index contributed by atoms with van der Waals surface area (Å²) in [6.45, 7) is 2.02. The molecular formula is C18H20N6O2. The second-order valence-electron chi connectivity index (χ2n) is 6.67. The van der Waals surface area contributed by atoms with Crippen LogP contribution in [0, 0.1) is 5.92 Å². The van der Waals surface area contributed by atoms with Crippen molar-refractivity contribution in [3.63, 3.8) is 0 Å². The van der Waals surface area contributed by atoms with E-state index in [9.17, 15) is 9.59 Å². The molecule has 134 valence electrons. The summed E-state index contributed by atoms with van der Waals surface area (Å²) < 4.78 is 1.59. The van der Waals surface area contributed by atoms with Crippen LogP contribution >= 0.6 is 0 Å². The summed E-state index contributed by atoms with van der Waals surface area (Å²) in [6, 6.07) is 5.40. The van der Waals surface area contributed by atoms with Crippen LogP contribution in [0.15, 0.2) is 35.4 Å². The molecule has 1 unspecified atom stereocenters. The zero-order valence-corrected chi connectivity index (χ0v) is 14.6. The van der Waals surface area contributed by atoms with Crippen molar-refractivity contribution < 1.29 is 4.79 Å². The van der Waals surface area contributed by atoms with Gasteiger partial charge < -0.3 is 4.98 Å². The number of piperidine rings is 1. The van der Waals surface area contributed by atoms with Crippen molar-refractivity contribution in [2.45, 2.75) is 19.4 Å². The maximum absolute atomic E-state index is 12.7. The molecule has 4 heterocycles. The number of nitrogens with zero attached hydrogens (tertiary/aromatic N) is 5. The monoisotopic (exact) mass is 352 g/mol. The van der Waals surface area contributed by atoms with E-state index in [1.807, 2.05) is 6.07 Å². The van der Waals surface area contributed by atoms with Gasteiger partial charge in [-0.05, 0) is 31.5 Å². The van der Waals surface area contributed by atoms with Crippen molar-refractivity contribution >= 4 is 16.8 Å². The lowest BCUT2D eigenvalue weighted by molar-refractivity contribution is 0.0803. The number of ketones is 1. The molecule has 0 amide bonds. The van der Waals surface area contributed by atoms with Gasteiger partial charge in [0.1, 0.15) is 16.9 Å². The lowest BCUT2D eigenvalue weighted by Gasteiger charge is -2.31. The maximum Gasteiger partial charge on any atom is 0.262 e. The highest BCUT2D eigenvalue weighted by Crippen LogP contribution is 2.21. The van der Waals surface area contributed by atoms with Crippen LogP contribution in [0.4, 0.5) is 0 Å². The Morgan fingerprint density at radius 1 is 1.38 bits per heavy atom. The van der Waals surface area contributed by atoms with E-state index >= 15 is 0 Å². The van der Waals surface area contributed by atoms with Gasteiger partial charge in [-0.1, -0.05) is 6.07 Å². The van der Waals surface area contributed by atoms with Crippen LogP contribution in [0.1, 0.15) is 29.2 Å². The summed E-state index contributed by atoms with van der Waals surface area (Å²) in [5, 5.41) is 4.57. The highest BCUT2D eigenvalue weighted by molar-refractivity contribution is 5.96. The number of H-pyrrole nitrogens is 1. The minimum Gasteiger partial charge on any atom is -0.309 e. The number of aryl methyl sites for hydroxylation is 1. The number of hydrogen-bond donors (Lipinski definition) is 1. The first-order chi connectivity index (χ1) is 12.6. The predicted molar refractivity (Wildman–Crippen MR) is 95.7 cm³/mol. The molecule has 0 spiro atoms. The van der Waals surface area contributed by atoms with E-state index < -0.39 is 0 Å². The Hall–Kier alpha value is -2.87. The van der Waals surface area contributed by atoms with Crippen molar-refractivity contribution in [1.29, 1.82) is 0 Å². The fourth-order valence-electron chi connectivity index (χ4n) is 3.50.